The van der Waals surface area contributed by atoms with Gasteiger partial charge in [0, 0.05) is 18.0 Å². The number of rotatable bonds is 3. The second-order valence-electron chi connectivity index (χ2n) is 5.19. The Morgan fingerprint density at radius 3 is 2.70 bits per heavy atom. The molecule has 1 aliphatic heterocycles. The molecule has 2 aromatic heterocycles. The number of pyridine rings is 1. The molecule has 23 heavy (non-hydrogen) atoms. The summed E-state index contributed by atoms with van der Waals surface area (Å²) in [5, 5.41) is 41.9. The molecule has 9 nitrogen and oxygen atoms in total. The largest absolute Gasteiger partial charge is 0.394 e. The smallest absolute Gasteiger partial charge is 0.218 e. The Morgan fingerprint density at radius 1 is 1.26 bits per heavy atom. The van der Waals surface area contributed by atoms with Gasteiger partial charge in [-0.2, -0.15) is 4.98 Å². The molecule has 5 atom stereocenters. The van der Waals surface area contributed by atoms with E-state index < -0.39 is 37.3 Å². The van der Waals surface area contributed by atoms with Crippen LogP contribution in [0.1, 0.15) is 6.23 Å². The number of nitrogens with zero attached hydrogens (tertiary/aromatic N) is 3. The van der Waals surface area contributed by atoms with Gasteiger partial charge < -0.3 is 25.2 Å². The molecule has 3 heterocycles. The normalized spacial score (nSPS) is 31.2. The van der Waals surface area contributed by atoms with Gasteiger partial charge in [0.05, 0.1) is 6.61 Å². The molecule has 0 amide bonds. The predicted octanol–water partition coefficient (Wildman–Crippen LogP) is -1.02. The highest BCUT2D eigenvalue weighted by Crippen LogP contribution is 2.28. The molecule has 5 N–H and O–H groups in total. The van der Waals surface area contributed by atoms with E-state index in [0.717, 1.165) is 0 Å². The highest BCUT2D eigenvalue weighted by molar-refractivity contribution is 7.71. The van der Waals surface area contributed by atoms with Crippen molar-refractivity contribution in [2.24, 2.45) is 0 Å². The maximum absolute atomic E-state index is 10.1. The summed E-state index contributed by atoms with van der Waals surface area (Å²) in [6.45, 7) is -0.516. The quantitative estimate of drug-likeness (QED) is 0.448. The second kappa shape index (κ2) is 6.43. The zero-order chi connectivity index (χ0) is 16.6. The lowest BCUT2D eigenvalue weighted by atomic mass is 9.98. The molecular weight excluding hydrogens is 324 g/mol. The third-order valence-corrected chi connectivity index (χ3v) is 3.98. The van der Waals surface area contributed by atoms with E-state index in [2.05, 4.69) is 15.1 Å². The van der Waals surface area contributed by atoms with Crippen molar-refractivity contribution in [2.45, 2.75) is 30.6 Å². The number of hydrogen-bond donors (Lipinski definition) is 5. The van der Waals surface area contributed by atoms with E-state index >= 15 is 0 Å². The first-order valence-corrected chi connectivity index (χ1v) is 7.33. The van der Waals surface area contributed by atoms with E-state index in [9.17, 15) is 20.4 Å². The van der Waals surface area contributed by atoms with Gasteiger partial charge in [-0.15, -0.1) is 0 Å². The molecule has 0 radical (unpaired) electrons. The molecule has 0 spiro atoms. The van der Waals surface area contributed by atoms with Crippen LogP contribution in [-0.2, 0) is 4.74 Å². The Bertz CT molecular complexity index is 719. The van der Waals surface area contributed by atoms with Crippen molar-refractivity contribution in [3.8, 4) is 11.4 Å². The number of aliphatic hydroxyl groups excluding tert-OH is 4. The summed E-state index contributed by atoms with van der Waals surface area (Å²) in [6, 6.07) is 3.51. The highest BCUT2D eigenvalue weighted by Gasteiger charge is 2.44. The van der Waals surface area contributed by atoms with Crippen molar-refractivity contribution in [1.82, 2.24) is 19.7 Å². The van der Waals surface area contributed by atoms with Crippen LogP contribution < -0.4 is 0 Å². The molecule has 0 aromatic carbocycles. The SMILES string of the molecule is OC[C@H]1O[C@@H](n2[nH]c(-c3cccnc3)nc2=S)[C@H](O)[C@@H](O)[C@@H]1O. The highest BCUT2D eigenvalue weighted by atomic mass is 32.1. The summed E-state index contributed by atoms with van der Waals surface area (Å²) in [6.07, 6.45) is -3.29. The van der Waals surface area contributed by atoms with E-state index in [1.807, 2.05) is 0 Å². The van der Waals surface area contributed by atoms with Crippen LogP contribution in [0, 0.1) is 4.77 Å². The van der Waals surface area contributed by atoms with Crippen LogP contribution in [0.25, 0.3) is 11.4 Å². The van der Waals surface area contributed by atoms with Crippen LogP contribution in [0.3, 0.4) is 0 Å². The predicted molar refractivity (Wildman–Crippen MR) is 79.7 cm³/mol. The van der Waals surface area contributed by atoms with Crippen molar-refractivity contribution in [3.05, 3.63) is 29.3 Å². The molecule has 0 aliphatic carbocycles. The second-order valence-corrected chi connectivity index (χ2v) is 5.55. The first kappa shape index (κ1) is 16.2. The summed E-state index contributed by atoms with van der Waals surface area (Å²) in [7, 11) is 0. The topological polar surface area (TPSA) is 137 Å². The Kier molecular flexibility index (Phi) is 4.53. The van der Waals surface area contributed by atoms with E-state index in [1.165, 1.54) is 4.68 Å². The number of aromatic amines is 1. The molecule has 124 valence electrons. The minimum Gasteiger partial charge on any atom is -0.394 e. The summed E-state index contributed by atoms with van der Waals surface area (Å²) >= 11 is 5.15. The molecule has 0 unspecified atom stereocenters. The van der Waals surface area contributed by atoms with Crippen LogP contribution in [0.15, 0.2) is 24.5 Å². The molecule has 1 fully saturated rings. The van der Waals surface area contributed by atoms with Gasteiger partial charge in [-0.25, -0.2) is 4.68 Å². The number of ether oxygens (including phenoxy) is 1. The van der Waals surface area contributed by atoms with Gasteiger partial charge >= 0.3 is 0 Å². The molecule has 0 bridgehead atoms. The number of aromatic nitrogens is 4. The molecule has 1 aliphatic rings. The molecule has 1 saturated heterocycles. The van der Waals surface area contributed by atoms with Crippen LogP contribution in [0.5, 0.6) is 0 Å². The van der Waals surface area contributed by atoms with E-state index in [-0.39, 0.29) is 4.77 Å². The number of H-pyrrole nitrogens is 1. The lowest BCUT2D eigenvalue weighted by Crippen LogP contribution is -2.56. The Morgan fingerprint density at radius 2 is 2.04 bits per heavy atom. The minimum atomic E-state index is -1.49. The minimum absolute atomic E-state index is 0.0909. The lowest BCUT2D eigenvalue weighted by molar-refractivity contribution is -0.254. The van der Waals surface area contributed by atoms with Gasteiger partial charge in [0.15, 0.2) is 12.1 Å². The average molecular weight is 340 g/mol. The number of nitrogens with one attached hydrogen (secondary N) is 1. The average Bonchev–Trinajstić information content (AvgIpc) is 2.96. The molecular formula is C13H16N4O5S. The van der Waals surface area contributed by atoms with Gasteiger partial charge in [0.1, 0.15) is 24.4 Å². The third kappa shape index (κ3) is 2.92. The maximum atomic E-state index is 10.1. The van der Waals surface area contributed by atoms with E-state index in [4.69, 9.17) is 17.0 Å². The summed E-state index contributed by atoms with van der Waals surface area (Å²) in [5.41, 5.74) is 0.682. The van der Waals surface area contributed by atoms with Gasteiger partial charge in [-0.05, 0) is 24.4 Å². The first-order valence-electron chi connectivity index (χ1n) is 6.92. The standard InChI is InChI=1S/C13H16N4O5S/c18-5-7-8(19)9(20)10(21)12(22-7)17-13(23)15-11(16-17)6-2-1-3-14-4-6/h1-4,7-10,12,18-21H,5H2,(H,15,16,23)/t7-,8-,9+,10-,12-/m1/s1. The lowest BCUT2D eigenvalue weighted by Gasteiger charge is -2.39. The van der Waals surface area contributed by atoms with Crippen LogP contribution >= 0.6 is 12.2 Å². The van der Waals surface area contributed by atoms with Crippen molar-refractivity contribution < 1.29 is 25.2 Å². The molecule has 10 heteroatoms. The Labute approximate surface area is 135 Å². The van der Waals surface area contributed by atoms with Crippen molar-refractivity contribution in [3.63, 3.8) is 0 Å². The van der Waals surface area contributed by atoms with Crippen molar-refractivity contribution in [2.75, 3.05) is 6.61 Å². The Hall–Kier alpha value is -1.69. The Balaban J connectivity index is 1.95. The van der Waals surface area contributed by atoms with Gasteiger partial charge in [-0.3, -0.25) is 10.1 Å². The zero-order valence-corrected chi connectivity index (χ0v) is 12.7. The fraction of sp³-hybridized carbons (Fsp3) is 0.462. The van der Waals surface area contributed by atoms with E-state index in [1.54, 1.807) is 24.5 Å². The monoisotopic (exact) mass is 340 g/mol. The molecule has 0 saturated carbocycles. The number of aliphatic hydroxyl groups is 4. The van der Waals surface area contributed by atoms with Crippen LogP contribution in [0.4, 0.5) is 0 Å². The molecule has 2 aromatic rings. The van der Waals surface area contributed by atoms with Gasteiger partial charge in [0.25, 0.3) is 0 Å². The summed E-state index contributed by atoms with van der Waals surface area (Å²) < 4.78 is 6.80. The van der Waals surface area contributed by atoms with Crippen LogP contribution in [-0.4, -0.2) is 71.2 Å². The maximum Gasteiger partial charge on any atom is 0.218 e. The van der Waals surface area contributed by atoms with Gasteiger partial charge in [0.2, 0.25) is 4.77 Å². The summed E-state index contributed by atoms with van der Waals surface area (Å²) in [4.78, 5) is 8.15. The first-order chi connectivity index (χ1) is 11.0. The fourth-order valence-electron chi connectivity index (χ4n) is 2.44. The fourth-order valence-corrected chi connectivity index (χ4v) is 2.68. The van der Waals surface area contributed by atoms with E-state index in [0.29, 0.717) is 11.4 Å². The zero-order valence-electron chi connectivity index (χ0n) is 11.9. The van der Waals surface area contributed by atoms with Crippen molar-refractivity contribution in [1.29, 1.82) is 0 Å². The summed E-state index contributed by atoms with van der Waals surface area (Å²) in [5.74, 6) is 0.417. The molecule has 3 rings (SSSR count). The van der Waals surface area contributed by atoms with Crippen LogP contribution in [0.2, 0.25) is 0 Å². The van der Waals surface area contributed by atoms with Gasteiger partial charge in [-0.1, -0.05) is 0 Å². The van der Waals surface area contributed by atoms with Crippen molar-refractivity contribution >= 4 is 12.2 Å². The number of hydrogen-bond acceptors (Lipinski definition) is 8. The third-order valence-electron chi connectivity index (χ3n) is 3.70.